The van der Waals surface area contributed by atoms with Crippen LogP contribution in [0.2, 0.25) is 0 Å². The molecule has 0 amide bonds. The van der Waals surface area contributed by atoms with E-state index in [1.807, 2.05) is 0 Å². The fourth-order valence-electron chi connectivity index (χ4n) is 2.68. The maximum atomic E-state index is 10.6. The third kappa shape index (κ3) is 4.00. The van der Waals surface area contributed by atoms with E-state index < -0.39 is 35.6 Å². The Morgan fingerprint density at radius 3 is 2.17 bits per heavy atom. The number of hydrogen-bond donors (Lipinski definition) is 1. The minimum atomic E-state index is -1.18. The van der Waals surface area contributed by atoms with E-state index >= 15 is 0 Å². The largest absolute Gasteiger partial charge is 0.491 e. The summed E-state index contributed by atoms with van der Waals surface area (Å²) in [6, 6.07) is 5.67. The first-order valence-electron chi connectivity index (χ1n) is 7.31. The maximum absolute atomic E-state index is 10.6. The van der Waals surface area contributed by atoms with Crippen molar-refractivity contribution in [1.29, 1.82) is 0 Å². The van der Waals surface area contributed by atoms with Gasteiger partial charge in [-0.2, -0.15) is 0 Å². The first-order chi connectivity index (χ1) is 11.5. The van der Waals surface area contributed by atoms with Gasteiger partial charge < -0.3 is 28.8 Å². The Kier molecular flexibility index (Phi) is 6.46. The Hall–Kier alpha value is -1.78. The van der Waals surface area contributed by atoms with Gasteiger partial charge in [0.05, 0.1) is 4.92 Å². The summed E-state index contributed by atoms with van der Waals surface area (Å²) in [5, 5.41) is 20.7. The number of benzene rings is 1. The zero-order valence-electron chi connectivity index (χ0n) is 13.7. The number of hydrogen-bond acceptors (Lipinski definition) is 8. The number of nitrogens with zero attached hydrogens (tertiary/aromatic N) is 1. The van der Waals surface area contributed by atoms with Gasteiger partial charge in [0, 0.05) is 33.5 Å². The molecule has 1 aliphatic rings. The first kappa shape index (κ1) is 18.6. The van der Waals surface area contributed by atoms with Crippen LogP contribution in [0.5, 0.6) is 5.75 Å². The number of methoxy groups -OCH3 is 3. The molecule has 1 N–H and O–H groups in total. The molecule has 0 bridgehead atoms. The molecule has 1 aromatic carbocycles. The molecule has 1 heterocycles. The Labute approximate surface area is 139 Å². The normalized spacial score (nSPS) is 30.1. The topological polar surface area (TPSA) is 110 Å². The lowest BCUT2D eigenvalue weighted by Gasteiger charge is -2.42. The standard InChI is InChI=1S/C15H21NO8/c1-20-12-11(24-15(17)14(22-3)13(12)21-2)8-23-10-6-4-9(5-7-10)16(18)19/h4-7,11-15,17H,8H2,1-3H3/t11-,12+,13+,14-,15+/m1/s1. The highest BCUT2D eigenvalue weighted by molar-refractivity contribution is 5.35. The second-order valence-corrected chi connectivity index (χ2v) is 5.23. The molecule has 0 saturated carbocycles. The van der Waals surface area contributed by atoms with E-state index in [-0.39, 0.29) is 12.3 Å². The molecule has 2 rings (SSSR count). The Balaban J connectivity index is 2.03. The summed E-state index contributed by atoms with van der Waals surface area (Å²) in [4.78, 5) is 10.2. The average molecular weight is 343 g/mol. The number of nitro groups is 1. The third-order valence-corrected chi connectivity index (χ3v) is 3.89. The Bertz CT molecular complexity index is 537. The van der Waals surface area contributed by atoms with Gasteiger partial charge in [-0.25, -0.2) is 0 Å². The molecule has 5 atom stereocenters. The van der Waals surface area contributed by atoms with Crippen molar-refractivity contribution in [3.63, 3.8) is 0 Å². The highest BCUT2D eigenvalue weighted by atomic mass is 16.7. The van der Waals surface area contributed by atoms with E-state index in [9.17, 15) is 15.2 Å². The fourth-order valence-corrected chi connectivity index (χ4v) is 2.68. The lowest BCUT2D eigenvalue weighted by Crippen LogP contribution is -2.60. The number of nitro benzene ring substituents is 1. The highest BCUT2D eigenvalue weighted by Gasteiger charge is 2.46. The van der Waals surface area contributed by atoms with Crippen LogP contribution in [0.3, 0.4) is 0 Å². The molecule has 24 heavy (non-hydrogen) atoms. The molecule has 0 radical (unpaired) electrons. The van der Waals surface area contributed by atoms with Crippen molar-refractivity contribution in [1.82, 2.24) is 0 Å². The quantitative estimate of drug-likeness (QED) is 0.570. The van der Waals surface area contributed by atoms with Crippen molar-refractivity contribution in [2.45, 2.75) is 30.7 Å². The molecular formula is C15H21NO8. The van der Waals surface area contributed by atoms with Crippen molar-refractivity contribution in [3.05, 3.63) is 34.4 Å². The number of rotatable bonds is 7. The molecule has 1 saturated heterocycles. The van der Waals surface area contributed by atoms with Crippen LogP contribution in [-0.2, 0) is 18.9 Å². The van der Waals surface area contributed by atoms with Crippen LogP contribution in [0.4, 0.5) is 5.69 Å². The van der Waals surface area contributed by atoms with Crippen molar-refractivity contribution >= 4 is 5.69 Å². The van der Waals surface area contributed by atoms with Crippen molar-refractivity contribution < 1.29 is 33.7 Å². The SMILES string of the molecule is CO[C@@H]1[C@@H](OC)[C@@H](O)O[C@H](COc2ccc([N+](=O)[O-])cc2)[C@@H]1OC. The lowest BCUT2D eigenvalue weighted by molar-refractivity contribution is -0.384. The monoisotopic (exact) mass is 343 g/mol. The number of aliphatic hydroxyl groups excluding tert-OH is 1. The van der Waals surface area contributed by atoms with E-state index in [1.165, 1.54) is 45.6 Å². The average Bonchev–Trinajstić information content (AvgIpc) is 2.59. The minimum absolute atomic E-state index is 0.0242. The van der Waals surface area contributed by atoms with Crippen LogP contribution >= 0.6 is 0 Å². The van der Waals surface area contributed by atoms with Gasteiger partial charge in [0.2, 0.25) is 0 Å². The lowest BCUT2D eigenvalue weighted by atomic mass is 9.98. The second kappa shape index (κ2) is 8.36. The number of non-ortho nitro benzene ring substituents is 1. The highest BCUT2D eigenvalue weighted by Crippen LogP contribution is 2.27. The van der Waals surface area contributed by atoms with E-state index in [4.69, 9.17) is 23.7 Å². The minimum Gasteiger partial charge on any atom is -0.491 e. The van der Waals surface area contributed by atoms with Crippen LogP contribution in [-0.4, -0.2) is 68.7 Å². The van der Waals surface area contributed by atoms with Crippen molar-refractivity contribution in [2.75, 3.05) is 27.9 Å². The van der Waals surface area contributed by atoms with Crippen LogP contribution in [0.1, 0.15) is 0 Å². The van der Waals surface area contributed by atoms with Gasteiger partial charge in [-0.05, 0) is 12.1 Å². The van der Waals surface area contributed by atoms with Crippen LogP contribution in [0, 0.1) is 10.1 Å². The molecule has 0 aliphatic carbocycles. The zero-order chi connectivity index (χ0) is 17.7. The molecule has 9 heteroatoms. The van der Waals surface area contributed by atoms with E-state index in [0.717, 1.165) is 0 Å². The predicted octanol–water partition coefficient (Wildman–Crippen LogP) is 0.736. The molecule has 9 nitrogen and oxygen atoms in total. The molecule has 134 valence electrons. The van der Waals surface area contributed by atoms with Gasteiger partial charge in [0.15, 0.2) is 6.29 Å². The Morgan fingerprint density at radius 2 is 1.67 bits per heavy atom. The van der Waals surface area contributed by atoms with Gasteiger partial charge >= 0.3 is 0 Å². The molecule has 0 aromatic heterocycles. The molecule has 0 spiro atoms. The molecule has 0 unspecified atom stereocenters. The smallest absolute Gasteiger partial charge is 0.269 e. The van der Waals surface area contributed by atoms with E-state index in [2.05, 4.69) is 0 Å². The number of aliphatic hydroxyl groups is 1. The molecule has 1 fully saturated rings. The van der Waals surface area contributed by atoms with E-state index in [0.29, 0.717) is 5.75 Å². The van der Waals surface area contributed by atoms with Crippen molar-refractivity contribution in [3.8, 4) is 5.75 Å². The molecule has 1 aromatic rings. The molecular weight excluding hydrogens is 322 g/mol. The van der Waals surface area contributed by atoms with Crippen LogP contribution in [0.15, 0.2) is 24.3 Å². The Morgan fingerprint density at radius 1 is 1.08 bits per heavy atom. The molecule has 1 aliphatic heterocycles. The maximum Gasteiger partial charge on any atom is 0.269 e. The van der Waals surface area contributed by atoms with Gasteiger partial charge in [-0.15, -0.1) is 0 Å². The summed E-state index contributed by atoms with van der Waals surface area (Å²) in [5.74, 6) is 0.441. The van der Waals surface area contributed by atoms with Gasteiger partial charge in [-0.3, -0.25) is 10.1 Å². The third-order valence-electron chi connectivity index (χ3n) is 3.89. The second-order valence-electron chi connectivity index (χ2n) is 5.23. The first-order valence-corrected chi connectivity index (χ1v) is 7.31. The fraction of sp³-hybridized carbons (Fsp3) is 0.600. The summed E-state index contributed by atoms with van der Waals surface area (Å²) in [5.41, 5.74) is -0.0242. The summed E-state index contributed by atoms with van der Waals surface area (Å²) < 4.78 is 27.1. The van der Waals surface area contributed by atoms with Gasteiger partial charge in [0.25, 0.3) is 5.69 Å². The summed E-state index contributed by atoms with van der Waals surface area (Å²) in [7, 11) is 4.45. The summed E-state index contributed by atoms with van der Waals surface area (Å²) in [6.45, 7) is 0.0731. The number of ether oxygens (including phenoxy) is 5. The van der Waals surface area contributed by atoms with Gasteiger partial charge in [0.1, 0.15) is 36.8 Å². The van der Waals surface area contributed by atoms with Crippen LogP contribution < -0.4 is 4.74 Å². The summed E-state index contributed by atoms with van der Waals surface area (Å²) in [6.07, 6.45) is -3.51. The van der Waals surface area contributed by atoms with Gasteiger partial charge in [-0.1, -0.05) is 0 Å². The van der Waals surface area contributed by atoms with Crippen molar-refractivity contribution in [2.24, 2.45) is 0 Å². The zero-order valence-corrected chi connectivity index (χ0v) is 13.7. The van der Waals surface area contributed by atoms with E-state index in [1.54, 1.807) is 0 Å². The summed E-state index contributed by atoms with van der Waals surface area (Å²) >= 11 is 0. The van der Waals surface area contributed by atoms with Crippen LogP contribution in [0.25, 0.3) is 0 Å². The predicted molar refractivity (Wildman–Crippen MR) is 81.9 cm³/mol.